The Hall–Kier alpha value is -1.69. The van der Waals surface area contributed by atoms with Crippen molar-refractivity contribution < 1.29 is 17.6 Å². The highest BCUT2D eigenvalue weighted by molar-refractivity contribution is 7.91. The van der Waals surface area contributed by atoms with Gasteiger partial charge in [0.25, 0.3) is 0 Å². The van der Waals surface area contributed by atoms with Gasteiger partial charge < -0.3 is 4.90 Å². The molecule has 1 saturated carbocycles. The number of halogens is 1. The van der Waals surface area contributed by atoms with Crippen LogP contribution in [0.2, 0.25) is 0 Å². The molecule has 0 aromatic heterocycles. The largest absolute Gasteiger partial charge is 0.334 e. The van der Waals surface area contributed by atoms with Crippen molar-refractivity contribution in [2.45, 2.75) is 46.7 Å². The highest BCUT2D eigenvalue weighted by atomic mass is 32.2. The Morgan fingerprint density at radius 2 is 1.89 bits per heavy atom. The van der Waals surface area contributed by atoms with E-state index < -0.39 is 9.84 Å². The number of hydrogen-bond acceptors (Lipinski definition) is 3. The molecule has 1 aromatic carbocycles. The monoisotopic (exact) mass is 393 g/mol. The highest BCUT2D eigenvalue weighted by Gasteiger charge is 2.61. The van der Waals surface area contributed by atoms with Gasteiger partial charge in [0.2, 0.25) is 5.91 Å². The van der Waals surface area contributed by atoms with Crippen LogP contribution in [0.4, 0.5) is 4.39 Å². The first kappa shape index (κ1) is 20.1. The van der Waals surface area contributed by atoms with Crippen LogP contribution in [-0.4, -0.2) is 36.8 Å². The van der Waals surface area contributed by atoms with Crippen LogP contribution in [0.5, 0.6) is 0 Å². The Kier molecular flexibility index (Phi) is 5.23. The van der Waals surface area contributed by atoms with Crippen molar-refractivity contribution in [2.24, 2.45) is 17.3 Å². The molecule has 6 heteroatoms. The molecule has 1 heterocycles. The zero-order valence-corrected chi connectivity index (χ0v) is 17.2. The van der Waals surface area contributed by atoms with Crippen LogP contribution in [0.25, 0.3) is 0 Å². The number of allylic oxidation sites excluding steroid dienone is 2. The van der Waals surface area contributed by atoms with Gasteiger partial charge in [-0.15, -0.1) is 0 Å². The van der Waals surface area contributed by atoms with Gasteiger partial charge in [-0.05, 0) is 49.3 Å². The summed E-state index contributed by atoms with van der Waals surface area (Å²) in [4.78, 5) is 15.1. The molecule has 148 valence electrons. The molecule has 1 saturated heterocycles. The van der Waals surface area contributed by atoms with Gasteiger partial charge in [-0.1, -0.05) is 37.6 Å². The second-order valence-corrected chi connectivity index (χ2v) is 10.9. The molecule has 2 aliphatic rings. The van der Waals surface area contributed by atoms with E-state index in [0.29, 0.717) is 13.0 Å². The first-order valence-electron chi connectivity index (χ1n) is 9.41. The number of carbonyl (C=O) groups is 1. The van der Waals surface area contributed by atoms with E-state index in [1.165, 1.54) is 17.7 Å². The minimum Gasteiger partial charge on any atom is -0.334 e. The summed E-state index contributed by atoms with van der Waals surface area (Å²) in [6.45, 7) is 8.53. The van der Waals surface area contributed by atoms with Gasteiger partial charge in [-0.3, -0.25) is 4.79 Å². The number of sulfone groups is 1. The van der Waals surface area contributed by atoms with Crippen molar-refractivity contribution in [3.05, 3.63) is 47.3 Å². The SMILES string of the molecule is CC(C)=C[C@@H]1[C@@H](C(=O)N(Cc2ccc(F)cc2)[C@@H]2CCS(=O)(=O)C2)C1(C)C. The summed E-state index contributed by atoms with van der Waals surface area (Å²) in [5.41, 5.74) is 1.86. The lowest BCUT2D eigenvalue weighted by atomic mass is 10.1. The predicted octanol–water partition coefficient (Wildman–Crippen LogP) is 3.58. The van der Waals surface area contributed by atoms with Crippen molar-refractivity contribution in [1.82, 2.24) is 4.90 Å². The fourth-order valence-corrected chi connectivity index (χ4v) is 5.92. The number of rotatable bonds is 5. The molecule has 1 amide bonds. The number of amides is 1. The average Bonchev–Trinajstić information content (AvgIpc) is 2.90. The number of nitrogens with zero attached hydrogens (tertiary/aromatic N) is 1. The van der Waals surface area contributed by atoms with E-state index in [-0.39, 0.29) is 46.5 Å². The third kappa shape index (κ3) is 4.26. The lowest BCUT2D eigenvalue weighted by Gasteiger charge is -2.29. The summed E-state index contributed by atoms with van der Waals surface area (Å²) in [6.07, 6.45) is 2.61. The normalized spacial score (nSPS) is 27.8. The first-order valence-corrected chi connectivity index (χ1v) is 11.2. The molecule has 0 bridgehead atoms. The van der Waals surface area contributed by atoms with Gasteiger partial charge in [0, 0.05) is 12.6 Å². The van der Waals surface area contributed by atoms with Gasteiger partial charge in [0.05, 0.1) is 17.4 Å². The molecule has 0 radical (unpaired) electrons. The zero-order valence-electron chi connectivity index (χ0n) is 16.4. The molecule has 4 nitrogen and oxygen atoms in total. The summed E-state index contributed by atoms with van der Waals surface area (Å²) in [7, 11) is -3.11. The molecular weight excluding hydrogens is 365 g/mol. The number of benzene rings is 1. The third-order valence-electron chi connectivity index (χ3n) is 5.89. The summed E-state index contributed by atoms with van der Waals surface area (Å²) in [5.74, 6) is -0.155. The minimum atomic E-state index is -3.11. The second kappa shape index (κ2) is 7.04. The zero-order chi connectivity index (χ0) is 20.0. The maximum Gasteiger partial charge on any atom is 0.227 e. The molecule has 0 unspecified atom stereocenters. The van der Waals surface area contributed by atoms with E-state index >= 15 is 0 Å². The van der Waals surface area contributed by atoms with Gasteiger partial charge >= 0.3 is 0 Å². The van der Waals surface area contributed by atoms with Crippen molar-refractivity contribution in [3.63, 3.8) is 0 Å². The van der Waals surface area contributed by atoms with Crippen LogP contribution >= 0.6 is 0 Å². The standard InChI is InChI=1S/C21H28FNO3S/c1-14(2)11-18-19(21(18,3)4)20(24)23(17-9-10-27(25,26)13-17)12-15-5-7-16(22)8-6-15/h5-8,11,17-19H,9-10,12-13H2,1-4H3/t17-,18-,19+/m1/s1. The average molecular weight is 394 g/mol. The summed E-state index contributed by atoms with van der Waals surface area (Å²) >= 11 is 0. The molecule has 27 heavy (non-hydrogen) atoms. The Labute approximate surface area is 161 Å². The number of hydrogen-bond donors (Lipinski definition) is 0. The third-order valence-corrected chi connectivity index (χ3v) is 7.64. The molecule has 1 aromatic rings. The molecule has 0 N–H and O–H groups in total. The van der Waals surface area contributed by atoms with E-state index in [4.69, 9.17) is 0 Å². The smallest absolute Gasteiger partial charge is 0.227 e. The van der Waals surface area contributed by atoms with Crippen LogP contribution in [-0.2, 0) is 21.2 Å². The van der Waals surface area contributed by atoms with Crippen molar-refractivity contribution >= 4 is 15.7 Å². The van der Waals surface area contributed by atoms with E-state index in [2.05, 4.69) is 19.9 Å². The van der Waals surface area contributed by atoms with Crippen LogP contribution < -0.4 is 0 Å². The predicted molar refractivity (Wildman–Crippen MR) is 104 cm³/mol. The molecule has 0 spiro atoms. The molecular formula is C21H28FNO3S. The lowest BCUT2D eigenvalue weighted by Crippen LogP contribution is -2.42. The van der Waals surface area contributed by atoms with Crippen LogP contribution in [0, 0.1) is 23.1 Å². The Morgan fingerprint density at radius 1 is 1.26 bits per heavy atom. The summed E-state index contributed by atoms with van der Waals surface area (Å²) in [5, 5.41) is 0. The molecule has 1 aliphatic heterocycles. The fourth-order valence-electron chi connectivity index (χ4n) is 4.19. The maximum atomic E-state index is 13.4. The van der Waals surface area contributed by atoms with Gasteiger partial charge in [-0.2, -0.15) is 0 Å². The number of carbonyl (C=O) groups excluding carboxylic acids is 1. The molecule has 3 atom stereocenters. The quantitative estimate of drug-likeness (QED) is 0.719. The highest BCUT2D eigenvalue weighted by Crippen LogP contribution is 2.60. The first-order chi connectivity index (χ1) is 12.5. The van der Waals surface area contributed by atoms with Gasteiger partial charge in [0.15, 0.2) is 9.84 Å². The Bertz CT molecular complexity index is 854. The second-order valence-electron chi connectivity index (χ2n) is 8.72. The maximum absolute atomic E-state index is 13.4. The van der Waals surface area contributed by atoms with Gasteiger partial charge in [0.1, 0.15) is 5.82 Å². The fraction of sp³-hybridized carbons (Fsp3) is 0.571. The van der Waals surface area contributed by atoms with Crippen molar-refractivity contribution in [3.8, 4) is 0 Å². The summed E-state index contributed by atoms with van der Waals surface area (Å²) in [6, 6.07) is 5.75. The van der Waals surface area contributed by atoms with Crippen LogP contribution in [0.3, 0.4) is 0 Å². The lowest BCUT2D eigenvalue weighted by molar-refractivity contribution is -0.136. The van der Waals surface area contributed by atoms with E-state index in [1.807, 2.05) is 13.8 Å². The minimum absolute atomic E-state index is 0.00826. The van der Waals surface area contributed by atoms with Crippen LogP contribution in [0.15, 0.2) is 35.9 Å². The van der Waals surface area contributed by atoms with Crippen molar-refractivity contribution in [2.75, 3.05) is 11.5 Å². The summed E-state index contributed by atoms with van der Waals surface area (Å²) < 4.78 is 37.2. The Balaban J connectivity index is 1.86. The van der Waals surface area contributed by atoms with E-state index in [1.54, 1.807) is 17.0 Å². The van der Waals surface area contributed by atoms with Crippen molar-refractivity contribution in [1.29, 1.82) is 0 Å². The molecule has 3 rings (SSSR count). The van der Waals surface area contributed by atoms with Gasteiger partial charge in [-0.25, -0.2) is 12.8 Å². The topological polar surface area (TPSA) is 54.5 Å². The Morgan fingerprint density at radius 3 is 2.41 bits per heavy atom. The van der Waals surface area contributed by atoms with E-state index in [9.17, 15) is 17.6 Å². The van der Waals surface area contributed by atoms with Crippen LogP contribution in [0.1, 0.15) is 39.7 Å². The molecule has 2 fully saturated rings. The van der Waals surface area contributed by atoms with E-state index in [0.717, 1.165) is 5.56 Å². The molecule has 1 aliphatic carbocycles.